The third kappa shape index (κ3) is 4.43. The molecule has 5 heteroatoms. The van der Waals surface area contributed by atoms with Gasteiger partial charge in [-0.3, -0.25) is 9.78 Å². The van der Waals surface area contributed by atoms with Crippen LogP contribution in [-0.2, 0) is 32.7 Å². The number of benzene rings is 1. The van der Waals surface area contributed by atoms with E-state index in [1.807, 2.05) is 57.2 Å². The summed E-state index contributed by atoms with van der Waals surface area (Å²) in [7, 11) is 3.90. The Balaban J connectivity index is 0.000000849. The molecule has 1 amide bonds. The van der Waals surface area contributed by atoms with Gasteiger partial charge in [0.2, 0.25) is 5.91 Å². The standard InChI is InChI=1S/C16H14N3O.C2H6.Y/c1-11-5-7-12(8-6-11)18-16(20)15-10-13-14(19(15)2)4-3-9-17-13;1-2;/h3-10H,2H2,1H3,(H,18,20);1-2H3;/q-1;;. The van der Waals surface area contributed by atoms with E-state index >= 15 is 0 Å². The fourth-order valence-corrected chi connectivity index (χ4v) is 2.11. The molecular formula is C18H20N3OY-. The van der Waals surface area contributed by atoms with Crippen molar-refractivity contribution in [3.8, 4) is 0 Å². The maximum atomic E-state index is 12.3. The van der Waals surface area contributed by atoms with E-state index in [-0.39, 0.29) is 38.6 Å². The number of carbonyl (C=O) groups excluding carboxylic acids is 1. The first-order chi connectivity index (χ1) is 10.6. The number of aryl methyl sites for hydroxylation is 1. The van der Waals surface area contributed by atoms with Crippen LogP contribution in [0.5, 0.6) is 0 Å². The molecule has 0 aliphatic heterocycles. The topological polar surface area (TPSA) is 46.9 Å². The Hall–Kier alpha value is -1.65. The average molecular weight is 383 g/mol. The van der Waals surface area contributed by atoms with Crippen LogP contribution in [0.15, 0.2) is 48.7 Å². The quantitative estimate of drug-likeness (QED) is 0.673. The molecule has 1 radical (unpaired) electrons. The van der Waals surface area contributed by atoms with Crippen molar-refractivity contribution in [2.24, 2.45) is 0 Å². The van der Waals surface area contributed by atoms with Crippen molar-refractivity contribution in [3.63, 3.8) is 0 Å². The summed E-state index contributed by atoms with van der Waals surface area (Å²) < 4.78 is 1.60. The van der Waals surface area contributed by atoms with Crippen LogP contribution >= 0.6 is 0 Å². The number of carbonyl (C=O) groups is 1. The van der Waals surface area contributed by atoms with Gasteiger partial charge in [0.15, 0.2) is 0 Å². The van der Waals surface area contributed by atoms with E-state index in [4.69, 9.17) is 0 Å². The van der Waals surface area contributed by atoms with Gasteiger partial charge >= 0.3 is 0 Å². The van der Waals surface area contributed by atoms with Crippen LogP contribution < -0.4 is 5.32 Å². The maximum Gasteiger partial charge on any atom is 0.216 e. The van der Waals surface area contributed by atoms with Gasteiger partial charge in [0.05, 0.1) is 0 Å². The first-order valence-electron chi connectivity index (χ1n) is 7.30. The van der Waals surface area contributed by atoms with Crippen LogP contribution in [0, 0.1) is 14.0 Å². The molecule has 0 saturated carbocycles. The Labute approximate surface area is 162 Å². The number of hydrogen-bond acceptors (Lipinski definition) is 2. The maximum absolute atomic E-state index is 12.3. The van der Waals surface area contributed by atoms with Crippen molar-refractivity contribution < 1.29 is 37.5 Å². The van der Waals surface area contributed by atoms with E-state index < -0.39 is 0 Å². The van der Waals surface area contributed by atoms with Gasteiger partial charge in [-0.2, -0.15) is 0 Å². The second-order valence-electron chi connectivity index (χ2n) is 4.69. The number of rotatable bonds is 2. The smallest absolute Gasteiger partial charge is 0.216 e. The Morgan fingerprint density at radius 3 is 2.43 bits per heavy atom. The molecule has 23 heavy (non-hydrogen) atoms. The zero-order valence-corrected chi connectivity index (χ0v) is 16.5. The molecule has 0 aliphatic carbocycles. The van der Waals surface area contributed by atoms with Crippen LogP contribution in [-0.4, -0.2) is 15.5 Å². The van der Waals surface area contributed by atoms with Crippen molar-refractivity contribution in [2.75, 3.05) is 5.32 Å². The molecule has 117 valence electrons. The number of anilines is 1. The number of fused-ring (bicyclic) bond motifs is 1. The molecular weight excluding hydrogens is 363 g/mol. The second kappa shape index (κ2) is 8.85. The first-order valence-corrected chi connectivity index (χ1v) is 7.30. The summed E-state index contributed by atoms with van der Waals surface area (Å²) in [6, 6.07) is 13.1. The van der Waals surface area contributed by atoms with Crippen molar-refractivity contribution in [1.82, 2.24) is 9.55 Å². The third-order valence-corrected chi connectivity index (χ3v) is 3.21. The summed E-state index contributed by atoms with van der Waals surface area (Å²) in [5.74, 6) is -0.193. The van der Waals surface area contributed by atoms with Crippen molar-refractivity contribution in [3.05, 3.63) is 67.0 Å². The summed E-state index contributed by atoms with van der Waals surface area (Å²) in [4.78, 5) is 16.5. The Kier molecular flexibility index (Phi) is 7.46. The second-order valence-corrected chi connectivity index (χ2v) is 4.69. The van der Waals surface area contributed by atoms with E-state index in [0.29, 0.717) is 5.69 Å². The van der Waals surface area contributed by atoms with Gasteiger partial charge in [-0.05, 0) is 24.6 Å². The van der Waals surface area contributed by atoms with Crippen LogP contribution in [0.4, 0.5) is 5.69 Å². The van der Waals surface area contributed by atoms with Crippen LogP contribution in [0.25, 0.3) is 11.0 Å². The van der Waals surface area contributed by atoms with E-state index in [9.17, 15) is 4.79 Å². The molecule has 0 bridgehead atoms. The Morgan fingerprint density at radius 2 is 1.83 bits per heavy atom. The molecule has 1 N–H and O–H groups in total. The molecule has 4 nitrogen and oxygen atoms in total. The summed E-state index contributed by atoms with van der Waals surface area (Å²) in [5, 5.41) is 2.86. The molecule has 2 heterocycles. The van der Waals surface area contributed by atoms with Gasteiger partial charge in [-0.25, -0.2) is 0 Å². The average Bonchev–Trinajstić information content (AvgIpc) is 2.89. The van der Waals surface area contributed by atoms with Gasteiger partial charge < -0.3 is 9.88 Å². The summed E-state index contributed by atoms with van der Waals surface area (Å²) >= 11 is 0. The molecule has 0 unspecified atom stereocenters. The molecule has 0 fully saturated rings. The van der Waals surface area contributed by atoms with Crippen molar-refractivity contribution >= 4 is 22.6 Å². The number of nitrogens with one attached hydrogen (secondary N) is 1. The number of aromatic nitrogens is 2. The minimum Gasteiger partial charge on any atom is -0.476 e. The molecule has 0 spiro atoms. The predicted octanol–water partition coefficient (Wildman–Crippen LogP) is 4.26. The van der Waals surface area contributed by atoms with Gasteiger partial charge in [-0.1, -0.05) is 49.7 Å². The van der Waals surface area contributed by atoms with Crippen LogP contribution in [0.2, 0.25) is 0 Å². The van der Waals surface area contributed by atoms with Gasteiger partial charge in [-0.15, -0.1) is 7.05 Å². The number of hydrogen-bond donors (Lipinski definition) is 1. The van der Waals surface area contributed by atoms with Gasteiger partial charge in [0, 0.05) is 55.8 Å². The van der Waals surface area contributed by atoms with E-state index in [1.165, 1.54) is 0 Å². The zero-order chi connectivity index (χ0) is 16.1. The molecule has 0 saturated heterocycles. The predicted molar refractivity (Wildman–Crippen MR) is 91.0 cm³/mol. The Bertz CT molecular complexity index is 779. The monoisotopic (exact) mass is 383 g/mol. The zero-order valence-electron chi connectivity index (χ0n) is 13.7. The Morgan fingerprint density at radius 1 is 1.17 bits per heavy atom. The number of nitrogens with zero attached hydrogens (tertiary/aromatic N) is 2. The molecule has 2 aromatic heterocycles. The fourth-order valence-electron chi connectivity index (χ4n) is 2.11. The normalized spacial score (nSPS) is 9.52. The SMILES string of the molecule is CC.[CH2-]n1c(C(=O)Nc2ccc(C)cc2)cc2ncccc21.[Y]. The minimum atomic E-state index is -0.193. The summed E-state index contributed by atoms with van der Waals surface area (Å²) in [6.07, 6.45) is 1.70. The summed E-state index contributed by atoms with van der Waals surface area (Å²) in [5.41, 5.74) is 4.00. The molecule has 3 aromatic rings. The van der Waals surface area contributed by atoms with Crippen LogP contribution in [0.1, 0.15) is 29.9 Å². The number of amides is 1. The molecule has 0 aliphatic rings. The minimum absolute atomic E-state index is 0. The van der Waals surface area contributed by atoms with Gasteiger partial charge in [0.1, 0.15) is 0 Å². The van der Waals surface area contributed by atoms with Gasteiger partial charge in [0.25, 0.3) is 0 Å². The van der Waals surface area contributed by atoms with E-state index in [1.54, 1.807) is 16.8 Å². The molecule has 0 atom stereocenters. The van der Waals surface area contributed by atoms with E-state index in [2.05, 4.69) is 17.3 Å². The van der Waals surface area contributed by atoms with Crippen LogP contribution in [0.3, 0.4) is 0 Å². The van der Waals surface area contributed by atoms with Crippen molar-refractivity contribution in [1.29, 1.82) is 0 Å². The summed E-state index contributed by atoms with van der Waals surface area (Å²) in [6.45, 7) is 6.01. The molecule has 1 aromatic carbocycles. The van der Waals surface area contributed by atoms with Crippen molar-refractivity contribution in [2.45, 2.75) is 20.8 Å². The first kappa shape index (κ1) is 19.4. The fraction of sp³-hybridized carbons (Fsp3) is 0.167. The van der Waals surface area contributed by atoms with E-state index in [0.717, 1.165) is 22.3 Å². The third-order valence-electron chi connectivity index (χ3n) is 3.21. The number of pyridine rings is 1. The molecule has 3 rings (SSSR count). The largest absolute Gasteiger partial charge is 0.476 e.